The van der Waals surface area contributed by atoms with Crippen LogP contribution in [0.15, 0.2) is 60.7 Å². The normalized spacial score (nSPS) is 16.3. The second-order valence-corrected chi connectivity index (χ2v) is 4.76. The summed E-state index contributed by atoms with van der Waals surface area (Å²) in [5.41, 5.74) is -6.59. The van der Waals surface area contributed by atoms with Crippen molar-refractivity contribution in [3.05, 3.63) is 71.8 Å². The average molecular weight is 302 g/mol. The largest absolute Gasteiger partial charge is 0.479 e. The molecule has 2 rings (SSSR count). The second-order valence-electron chi connectivity index (χ2n) is 4.76. The third-order valence-corrected chi connectivity index (χ3v) is 3.53. The van der Waals surface area contributed by atoms with Gasteiger partial charge in [-0.3, -0.25) is 0 Å². The van der Waals surface area contributed by atoms with Gasteiger partial charge in [-0.2, -0.15) is 0 Å². The second kappa shape index (κ2) is 5.59. The van der Waals surface area contributed by atoms with E-state index in [1.807, 2.05) is 0 Å². The van der Waals surface area contributed by atoms with Crippen LogP contribution >= 0.6 is 0 Å². The van der Waals surface area contributed by atoms with Crippen LogP contribution < -0.4 is 0 Å². The van der Waals surface area contributed by atoms with Crippen LogP contribution in [0.3, 0.4) is 0 Å². The van der Waals surface area contributed by atoms with Crippen LogP contribution in [0.5, 0.6) is 0 Å². The summed E-state index contributed by atoms with van der Waals surface area (Å²) in [6.45, 7) is 0. The molecule has 0 radical (unpaired) electrons. The molecule has 0 bridgehead atoms. The molecule has 0 saturated carbocycles. The molecule has 2 aromatic rings. The highest BCUT2D eigenvalue weighted by atomic mass is 16.5. The maximum absolute atomic E-state index is 11.7. The number of benzene rings is 2. The Kier molecular flexibility index (Phi) is 3.99. The van der Waals surface area contributed by atoms with Gasteiger partial charge >= 0.3 is 11.9 Å². The minimum Gasteiger partial charge on any atom is -0.479 e. The van der Waals surface area contributed by atoms with Crippen LogP contribution in [-0.4, -0.2) is 32.4 Å². The minimum absolute atomic E-state index is 0.240. The predicted octanol–water partition coefficient (Wildman–Crippen LogP) is 0.931. The van der Waals surface area contributed by atoms with Gasteiger partial charge < -0.3 is 20.4 Å². The molecule has 0 aliphatic carbocycles. The number of hydrogen-bond acceptors (Lipinski definition) is 4. The maximum Gasteiger partial charge on any atom is 0.344 e. The highest BCUT2D eigenvalue weighted by Gasteiger charge is 2.62. The number of aliphatic hydroxyl groups is 2. The van der Waals surface area contributed by atoms with Crippen LogP contribution in [0.2, 0.25) is 0 Å². The van der Waals surface area contributed by atoms with Gasteiger partial charge in [0.15, 0.2) is 0 Å². The summed E-state index contributed by atoms with van der Waals surface area (Å²) < 4.78 is 0. The summed E-state index contributed by atoms with van der Waals surface area (Å²) in [6.07, 6.45) is 0. The summed E-state index contributed by atoms with van der Waals surface area (Å²) in [7, 11) is 0. The van der Waals surface area contributed by atoms with E-state index in [0.29, 0.717) is 0 Å². The molecule has 6 heteroatoms. The summed E-state index contributed by atoms with van der Waals surface area (Å²) >= 11 is 0. The van der Waals surface area contributed by atoms with E-state index in [4.69, 9.17) is 0 Å². The van der Waals surface area contributed by atoms with E-state index in [1.165, 1.54) is 48.5 Å². The average Bonchev–Trinajstić information content (AvgIpc) is 2.54. The Labute approximate surface area is 125 Å². The first-order valence-corrected chi connectivity index (χ1v) is 6.37. The van der Waals surface area contributed by atoms with Crippen molar-refractivity contribution in [2.45, 2.75) is 11.2 Å². The van der Waals surface area contributed by atoms with Crippen LogP contribution in [-0.2, 0) is 20.8 Å². The number of aliphatic carboxylic acids is 2. The van der Waals surface area contributed by atoms with Gasteiger partial charge in [0.25, 0.3) is 0 Å². The van der Waals surface area contributed by atoms with Gasteiger partial charge in [-0.25, -0.2) is 9.59 Å². The molecule has 0 aromatic heterocycles. The molecule has 0 saturated heterocycles. The molecule has 2 unspecified atom stereocenters. The van der Waals surface area contributed by atoms with Gasteiger partial charge in [-0.05, 0) is 11.1 Å². The molecule has 22 heavy (non-hydrogen) atoms. The molecule has 0 amide bonds. The van der Waals surface area contributed by atoms with Crippen LogP contribution in [0.25, 0.3) is 0 Å². The van der Waals surface area contributed by atoms with E-state index in [2.05, 4.69) is 0 Å². The van der Waals surface area contributed by atoms with Gasteiger partial charge in [-0.1, -0.05) is 60.7 Å². The molecular weight excluding hydrogens is 288 g/mol. The first kappa shape index (κ1) is 15.7. The van der Waals surface area contributed by atoms with Crippen LogP contribution in [0.4, 0.5) is 0 Å². The molecule has 0 fully saturated rings. The molecular formula is C16H14O6. The third kappa shape index (κ3) is 2.14. The maximum atomic E-state index is 11.7. The van der Waals surface area contributed by atoms with Crippen molar-refractivity contribution in [2.24, 2.45) is 0 Å². The molecule has 2 aromatic carbocycles. The number of carboxylic acid groups (broad SMARTS) is 2. The van der Waals surface area contributed by atoms with Crippen molar-refractivity contribution in [1.29, 1.82) is 0 Å². The van der Waals surface area contributed by atoms with Gasteiger partial charge in [0, 0.05) is 0 Å². The Balaban J connectivity index is 2.78. The zero-order valence-corrected chi connectivity index (χ0v) is 11.4. The van der Waals surface area contributed by atoms with Crippen molar-refractivity contribution in [3.63, 3.8) is 0 Å². The molecule has 6 nitrogen and oxygen atoms in total. The van der Waals surface area contributed by atoms with Crippen LogP contribution in [0, 0.1) is 0 Å². The minimum atomic E-state index is -3.05. The summed E-state index contributed by atoms with van der Waals surface area (Å²) in [6, 6.07) is 13.9. The molecule has 0 aliphatic heterocycles. The molecule has 0 spiro atoms. The fraction of sp³-hybridized carbons (Fsp3) is 0.125. The van der Waals surface area contributed by atoms with Gasteiger partial charge in [0.2, 0.25) is 11.2 Å². The number of carbonyl (C=O) groups is 2. The van der Waals surface area contributed by atoms with Crippen LogP contribution in [0.1, 0.15) is 11.1 Å². The Bertz CT molecular complexity index is 623. The first-order valence-electron chi connectivity index (χ1n) is 6.37. The highest BCUT2D eigenvalue weighted by molar-refractivity contribution is 5.92. The zero-order chi connectivity index (χ0) is 16.4. The number of hydrogen-bond donors (Lipinski definition) is 4. The van der Waals surface area contributed by atoms with Crippen molar-refractivity contribution >= 4 is 11.9 Å². The Morgan fingerprint density at radius 3 is 1.14 bits per heavy atom. The van der Waals surface area contributed by atoms with Gasteiger partial charge in [0.1, 0.15) is 0 Å². The van der Waals surface area contributed by atoms with Crippen molar-refractivity contribution < 1.29 is 30.0 Å². The summed E-state index contributed by atoms with van der Waals surface area (Å²) in [5, 5.41) is 40.3. The lowest BCUT2D eigenvalue weighted by Crippen LogP contribution is -2.59. The Morgan fingerprint density at radius 1 is 0.636 bits per heavy atom. The van der Waals surface area contributed by atoms with E-state index in [9.17, 15) is 30.0 Å². The molecule has 2 atom stereocenters. The highest BCUT2D eigenvalue weighted by Crippen LogP contribution is 2.41. The Morgan fingerprint density at radius 2 is 0.909 bits per heavy atom. The topological polar surface area (TPSA) is 115 Å². The van der Waals surface area contributed by atoms with Crippen molar-refractivity contribution in [3.8, 4) is 0 Å². The molecule has 0 aliphatic rings. The zero-order valence-electron chi connectivity index (χ0n) is 11.4. The quantitative estimate of drug-likeness (QED) is 0.653. The first-order chi connectivity index (χ1) is 10.3. The fourth-order valence-electron chi connectivity index (χ4n) is 2.33. The third-order valence-electron chi connectivity index (χ3n) is 3.53. The monoisotopic (exact) mass is 302 g/mol. The van der Waals surface area contributed by atoms with E-state index in [-0.39, 0.29) is 11.1 Å². The van der Waals surface area contributed by atoms with Gasteiger partial charge in [-0.15, -0.1) is 0 Å². The molecule has 4 N–H and O–H groups in total. The van der Waals surface area contributed by atoms with E-state index < -0.39 is 23.1 Å². The summed E-state index contributed by atoms with van der Waals surface area (Å²) in [5.74, 6) is -3.74. The standard InChI is InChI=1S/C16H14O6/c17-13(18)15(21,11-7-3-1-4-8-11)16(22,14(19)20)12-9-5-2-6-10-12/h1-10,21-22H,(H,17,18)(H,19,20). The van der Waals surface area contributed by atoms with Gasteiger partial charge in [0.05, 0.1) is 0 Å². The lowest BCUT2D eigenvalue weighted by molar-refractivity contribution is -0.213. The summed E-state index contributed by atoms with van der Waals surface area (Å²) in [4.78, 5) is 23.3. The van der Waals surface area contributed by atoms with E-state index >= 15 is 0 Å². The number of rotatable bonds is 5. The lowest BCUT2D eigenvalue weighted by atomic mass is 9.73. The lowest BCUT2D eigenvalue weighted by Gasteiger charge is -2.37. The van der Waals surface area contributed by atoms with Crippen molar-refractivity contribution in [1.82, 2.24) is 0 Å². The SMILES string of the molecule is O=C(O)C(O)(c1ccccc1)C(O)(C(=O)O)c1ccccc1. The molecule has 114 valence electrons. The van der Waals surface area contributed by atoms with E-state index in [1.54, 1.807) is 12.1 Å². The predicted molar refractivity (Wildman–Crippen MR) is 75.9 cm³/mol. The Hall–Kier alpha value is -2.70. The smallest absolute Gasteiger partial charge is 0.344 e. The fourth-order valence-corrected chi connectivity index (χ4v) is 2.33. The van der Waals surface area contributed by atoms with E-state index in [0.717, 1.165) is 0 Å². The molecule has 0 heterocycles. The van der Waals surface area contributed by atoms with Crippen molar-refractivity contribution in [2.75, 3.05) is 0 Å². The number of carboxylic acids is 2.